The number of aryl methyl sites for hydroxylation is 1. The minimum Gasteiger partial charge on any atom is -0.346 e. The van der Waals surface area contributed by atoms with Gasteiger partial charge in [-0.3, -0.25) is 14.5 Å². The highest BCUT2D eigenvalue weighted by Crippen LogP contribution is 2.21. The van der Waals surface area contributed by atoms with Gasteiger partial charge in [0.2, 0.25) is 0 Å². The van der Waals surface area contributed by atoms with Crippen molar-refractivity contribution in [2.75, 3.05) is 6.54 Å². The number of nitrogens with zero attached hydrogens (tertiary/aromatic N) is 3. The van der Waals surface area contributed by atoms with Gasteiger partial charge in [0.05, 0.1) is 27.9 Å². The molecule has 0 aliphatic rings. The molecule has 0 aliphatic carbocycles. The largest absolute Gasteiger partial charge is 0.346 e. The molecule has 0 spiro atoms. The molecule has 0 bridgehead atoms. The van der Waals surface area contributed by atoms with Gasteiger partial charge in [-0.1, -0.05) is 23.2 Å². The normalized spacial score (nSPS) is 10.9. The van der Waals surface area contributed by atoms with Crippen molar-refractivity contribution in [3.05, 3.63) is 45.5 Å². The fourth-order valence-corrected chi connectivity index (χ4v) is 2.32. The van der Waals surface area contributed by atoms with Gasteiger partial charge in [0.25, 0.3) is 12.3 Å². The summed E-state index contributed by atoms with van der Waals surface area (Å²) in [5.74, 6) is -0.761. The second-order valence-electron chi connectivity index (χ2n) is 4.55. The lowest BCUT2D eigenvalue weighted by Crippen LogP contribution is -2.30. The van der Waals surface area contributed by atoms with Crippen LogP contribution in [0.5, 0.6) is 0 Å². The van der Waals surface area contributed by atoms with E-state index in [0.717, 1.165) is 4.68 Å². The third-order valence-corrected chi connectivity index (χ3v) is 3.32. The summed E-state index contributed by atoms with van der Waals surface area (Å²) in [6.07, 6.45) is -0.368. The van der Waals surface area contributed by atoms with Crippen LogP contribution >= 0.6 is 23.2 Å². The molecule has 2 heterocycles. The van der Waals surface area contributed by atoms with Gasteiger partial charge in [-0.15, -0.1) is 0 Å². The minimum atomic E-state index is -2.87. The smallest absolute Gasteiger partial charge is 0.282 e. The third kappa shape index (κ3) is 4.02. The van der Waals surface area contributed by atoms with E-state index in [9.17, 15) is 13.6 Å². The standard InChI is InChI=1S/C13H11Cl2F2N5O/c1-22-5-7(10(21-22)12(16)17)13(23)20-4-9(18)11-8(15)2-6(14)3-19-11/h2-3,5,12,18H,4H2,1H3,(H,20,23). The average Bonchev–Trinajstić information content (AvgIpc) is 2.86. The van der Waals surface area contributed by atoms with Crippen LogP contribution in [0.3, 0.4) is 0 Å². The Morgan fingerprint density at radius 3 is 2.78 bits per heavy atom. The Kier molecular flexibility index (Phi) is 5.27. The van der Waals surface area contributed by atoms with Crippen LogP contribution in [0.1, 0.15) is 28.2 Å². The predicted octanol–water partition coefficient (Wildman–Crippen LogP) is 2.86. The molecule has 122 valence electrons. The van der Waals surface area contributed by atoms with Crippen molar-refractivity contribution in [3.63, 3.8) is 0 Å². The molecule has 6 nitrogen and oxygen atoms in total. The molecule has 1 amide bonds. The van der Waals surface area contributed by atoms with Gasteiger partial charge in [0.15, 0.2) is 0 Å². The van der Waals surface area contributed by atoms with Gasteiger partial charge in [0.1, 0.15) is 11.4 Å². The third-order valence-electron chi connectivity index (χ3n) is 2.83. The summed E-state index contributed by atoms with van der Waals surface area (Å²) in [4.78, 5) is 15.9. The number of pyridine rings is 1. The number of nitrogens with one attached hydrogen (secondary N) is 2. The van der Waals surface area contributed by atoms with E-state index >= 15 is 0 Å². The summed E-state index contributed by atoms with van der Waals surface area (Å²) in [6.45, 7) is -0.231. The molecule has 0 saturated heterocycles. The Labute approximate surface area is 139 Å². The molecule has 2 aromatic rings. The first-order valence-corrected chi connectivity index (χ1v) is 7.04. The maximum Gasteiger partial charge on any atom is 0.282 e. The molecule has 10 heteroatoms. The monoisotopic (exact) mass is 361 g/mol. The molecule has 0 saturated carbocycles. The maximum atomic E-state index is 12.8. The fraction of sp³-hybridized carbons (Fsp3) is 0.231. The van der Waals surface area contributed by atoms with Crippen molar-refractivity contribution < 1.29 is 13.6 Å². The summed E-state index contributed by atoms with van der Waals surface area (Å²) in [7, 11) is 1.43. The van der Waals surface area contributed by atoms with E-state index in [1.54, 1.807) is 0 Å². The van der Waals surface area contributed by atoms with Crippen LogP contribution in [-0.4, -0.2) is 32.9 Å². The lowest BCUT2D eigenvalue weighted by atomic mass is 10.2. The number of rotatable bonds is 5. The van der Waals surface area contributed by atoms with Crippen molar-refractivity contribution >= 4 is 34.8 Å². The van der Waals surface area contributed by atoms with Gasteiger partial charge in [-0.2, -0.15) is 5.10 Å². The van der Waals surface area contributed by atoms with Crippen molar-refractivity contribution in [3.8, 4) is 0 Å². The number of halogens is 4. The molecule has 0 radical (unpaired) electrons. The SMILES string of the molecule is Cn1cc(C(=O)NCC(=N)c2ncc(Cl)cc2Cl)c(C(F)F)n1. The second-order valence-corrected chi connectivity index (χ2v) is 5.39. The van der Waals surface area contributed by atoms with Crippen molar-refractivity contribution in [1.29, 1.82) is 5.41 Å². The Bertz CT molecular complexity index is 763. The first-order chi connectivity index (χ1) is 10.8. The summed E-state index contributed by atoms with van der Waals surface area (Å²) in [5, 5.41) is 14.2. The van der Waals surface area contributed by atoms with Crippen LogP contribution in [0, 0.1) is 5.41 Å². The van der Waals surface area contributed by atoms with Gasteiger partial charge in [-0.25, -0.2) is 8.78 Å². The van der Waals surface area contributed by atoms with Crippen LogP contribution in [-0.2, 0) is 7.05 Å². The van der Waals surface area contributed by atoms with Crippen LogP contribution < -0.4 is 5.32 Å². The zero-order valence-corrected chi connectivity index (χ0v) is 13.3. The Hall–Kier alpha value is -2.06. The van der Waals surface area contributed by atoms with E-state index in [1.165, 1.54) is 25.5 Å². The van der Waals surface area contributed by atoms with Gasteiger partial charge in [-0.05, 0) is 6.07 Å². The number of carbonyl (C=O) groups is 1. The van der Waals surface area contributed by atoms with Gasteiger partial charge in [0, 0.05) is 19.4 Å². The summed E-state index contributed by atoms with van der Waals surface area (Å²) in [6, 6.07) is 1.41. The summed E-state index contributed by atoms with van der Waals surface area (Å²) >= 11 is 11.6. The van der Waals surface area contributed by atoms with Crippen LogP contribution in [0.2, 0.25) is 10.0 Å². The number of hydrogen-bond acceptors (Lipinski definition) is 4. The minimum absolute atomic E-state index is 0.0810. The lowest BCUT2D eigenvalue weighted by molar-refractivity contribution is 0.0944. The molecule has 0 aromatic carbocycles. The highest BCUT2D eigenvalue weighted by atomic mass is 35.5. The zero-order valence-electron chi connectivity index (χ0n) is 11.8. The Morgan fingerprint density at radius 1 is 1.48 bits per heavy atom. The van der Waals surface area contributed by atoms with E-state index in [-0.39, 0.29) is 28.5 Å². The maximum absolute atomic E-state index is 12.8. The second kappa shape index (κ2) is 7.01. The van der Waals surface area contributed by atoms with Crippen LogP contribution in [0.4, 0.5) is 8.78 Å². The number of aromatic nitrogens is 3. The average molecular weight is 362 g/mol. The van der Waals surface area contributed by atoms with Crippen LogP contribution in [0.15, 0.2) is 18.5 Å². The summed E-state index contributed by atoms with van der Waals surface area (Å²) in [5.41, 5.74) is -0.788. The predicted molar refractivity (Wildman–Crippen MR) is 81.6 cm³/mol. The number of carbonyl (C=O) groups excluding carboxylic acids is 1. The van der Waals surface area contributed by atoms with Crippen molar-refractivity contribution in [1.82, 2.24) is 20.1 Å². The number of alkyl halides is 2. The molecule has 2 aromatic heterocycles. The van der Waals surface area contributed by atoms with E-state index in [1.807, 2.05) is 0 Å². The van der Waals surface area contributed by atoms with Gasteiger partial charge >= 0.3 is 0 Å². The molecular weight excluding hydrogens is 351 g/mol. The number of amides is 1. The number of hydrogen-bond donors (Lipinski definition) is 2. The van der Waals surface area contributed by atoms with E-state index in [2.05, 4.69) is 15.4 Å². The first-order valence-electron chi connectivity index (χ1n) is 6.28. The molecule has 0 atom stereocenters. The van der Waals surface area contributed by atoms with Crippen LogP contribution in [0.25, 0.3) is 0 Å². The molecule has 0 aliphatic heterocycles. The zero-order chi connectivity index (χ0) is 17.1. The highest BCUT2D eigenvalue weighted by Gasteiger charge is 2.23. The van der Waals surface area contributed by atoms with Gasteiger partial charge < -0.3 is 10.7 Å². The van der Waals surface area contributed by atoms with E-state index < -0.39 is 18.0 Å². The van der Waals surface area contributed by atoms with Crippen molar-refractivity contribution in [2.24, 2.45) is 7.05 Å². The molecule has 23 heavy (non-hydrogen) atoms. The molecule has 2 rings (SSSR count). The topological polar surface area (TPSA) is 83.7 Å². The molecular formula is C13H11Cl2F2N5O. The Morgan fingerprint density at radius 2 is 2.17 bits per heavy atom. The molecule has 2 N–H and O–H groups in total. The summed E-state index contributed by atoms with van der Waals surface area (Å²) < 4.78 is 26.8. The first kappa shape index (κ1) is 17.3. The van der Waals surface area contributed by atoms with E-state index in [4.69, 9.17) is 28.6 Å². The Balaban J connectivity index is 2.08. The molecule has 0 fully saturated rings. The molecule has 0 unspecified atom stereocenters. The lowest BCUT2D eigenvalue weighted by Gasteiger charge is -2.08. The highest BCUT2D eigenvalue weighted by molar-refractivity contribution is 6.36. The quantitative estimate of drug-likeness (QED) is 0.803. The van der Waals surface area contributed by atoms with E-state index in [0.29, 0.717) is 5.02 Å². The fourth-order valence-electron chi connectivity index (χ4n) is 1.83. The van der Waals surface area contributed by atoms with Crippen molar-refractivity contribution in [2.45, 2.75) is 6.43 Å².